The van der Waals surface area contributed by atoms with Crippen LogP contribution in [-0.4, -0.2) is 52.3 Å². The Hall–Kier alpha value is -3.87. The highest BCUT2D eigenvalue weighted by Gasteiger charge is 2.63. The summed E-state index contributed by atoms with van der Waals surface area (Å²) in [5.74, 6) is -0.930. The summed E-state index contributed by atoms with van der Waals surface area (Å²) in [6.45, 7) is 0.253. The lowest BCUT2D eigenvalue weighted by Crippen LogP contribution is -2.54. The summed E-state index contributed by atoms with van der Waals surface area (Å²) < 4.78 is 40.1. The lowest BCUT2D eigenvalue weighted by molar-refractivity contribution is -0.137. The highest BCUT2D eigenvalue weighted by Crippen LogP contribution is 2.43. The average molecular weight is 440 g/mol. The van der Waals surface area contributed by atoms with Crippen molar-refractivity contribution in [2.24, 2.45) is 0 Å². The van der Waals surface area contributed by atoms with Crippen molar-refractivity contribution >= 4 is 23.5 Å². The van der Waals surface area contributed by atoms with Gasteiger partial charge in [-0.3, -0.25) is 9.59 Å². The number of piperazine rings is 1. The fraction of sp³-hybridized carbons (Fsp3) is 0.273. The Bertz CT molecular complexity index is 1190. The highest BCUT2D eigenvalue weighted by atomic mass is 19.4. The molecule has 0 spiro atoms. The van der Waals surface area contributed by atoms with Crippen molar-refractivity contribution in [1.29, 1.82) is 5.26 Å². The molecule has 0 radical (unpaired) electrons. The molecule has 0 aromatic heterocycles. The number of likely N-dealkylation sites (tertiary alicyclic amines) is 1. The van der Waals surface area contributed by atoms with Gasteiger partial charge in [0.05, 0.1) is 35.0 Å². The number of hydrogen-bond donors (Lipinski definition) is 0. The topological polar surface area (TPSA) is 84.7 Å². The van der Waals surface area contributed by atoms with Crippen molar-refractivity contribution in [3.05, 3.63) is 65.2 Å². The Kier molecular flexibility index (Phi) is 4.27. The normalized spacial score (nSPS) is 24.2. The van der Waals surface area contributed by atoms with E-state index in [0.29, 0.717) is 18.1 Å². The first-order valence-electron chi connectivity index (χ1n) is 9.86. The van der Waals surface area contributed by atoms with Gasteiger partial charge >= 0.3 is 12.2 Å². The summed E-state index contributed by atoms with van der Waals surface area (Å²) in [5.41, 5.74) is -1.60. The summed E-state index contributed by atoms with van der Waals surface area (Å²) in [7, 11) is 0. The monoisotopic (exact) mass is 440 g/mol. The molecular weight excluding hydrogens is 425 g/mol. The van der Waals surface area contributed by atoms with Crippen LogP contribution in [-0.2, 0) is 11.0 Å². The van der Waals surface area contributed by atoms with Gasteiger partial charge in [-0.05, 0) is 36.8 Å². The number of urea groups is 1. The van der Waals surface area contributed by atoms with Crippen LogP contribution in [0.25, 0.3) is 0 Å². The molecule has 5 rings (SSSR count). The molecule has 0 N–H and O–H groups in total. The van der Waals surface area contributed by atoms with E-state index in [1.807, 2.05) is 0 Å². The number of amides is 4. The second-order valence-electron chi connectivity index (χ2n) is 7.93. The van der Waals surface area contributed by atoms with Crippen molar-refractivity contribution in [2.45, 2.75) is 30.7 Å². The number of alkyl halides is 3. The number of imide groups is 1. The summed E-state index contributed by atoms with van der Waals surface area (Å²) in [5, 5.41) is 8.98. The molecule has 7 nitrogen and oxygen atoms in total. The Morgan fingerprint density at radius 3 is 2.47 bits per heavy atom. The Labute approximate surface area is 180 Å². The van der Waals surface area contributed by atoms with Crippen molar-refractivity contribution in [3.8, 4) is 6.07 Å². The minimum Gasteiger partial charge on any atom is -0.331 e. The van der Waals surface area contributed by atoms with Crippen molar-refractivity contribution in [1.82, 2.24) is 9.80 Å². The number of carbonyl (C=O) groups excluding carboxylic acids is 3. The first-order chi connectivity index (χ1) is 15.2. The van der Waals surface area contributed by atoms with Crippen LogP contribution in [0.4, 0.5) is 23.7 Å². The molecule has 3 aliphatic rings. The third-order valence-electron chi connectivity index (χ3n) is 6.23. The summed E-state index contributed by atoms with van der Waals surface area (Å²) in [6, 6.07) is 10.2. The molecule has 3 atom stereocenters. The summed E-state index contributed by atoms with van der Waals surface area (Å²) in [4.78, 5) is 42.8. The van der Waals surface area contributed by atoms with Gasteiger partial charge in [0, 0.05) is 12.1 Å². The summed E-state index contributed by atoms with van der Waals surface area (Å²) >= 11 is 0. The van der Waals surface area contributed by atoms with Gasteiger partial charge in [0.15, 0.2) is 0 Å². The van der Waals surface area contributed by atoms with Crippen molar-refractivity contribution in [3.63, 3.8) is 0 Å². The molecule has 3 saturated heterocycles. The fourth-order valence-electron chi connectivity index (χ4n) is 4.88. The molecule has 0 aliphatic carbocycles. The lowest BCUT2D eigenvalue weighted by atomic mass is 10.1. The molecule has 4 amide bonds. The second kappa shape index (κ2) is 6.82. The van der Waals surface area contributed by atoms with Gasteiger partial charge in [0.25, 0.3) is 11.8 Å². The quantitative estimate of drug-likeness (QED) is 0.672. The van der Waals surface area contributed by atoms with Crippen LogP contribution in [0.15, 0.2) is 48.5 Å². The molecule has 3 aliphatic heterocycles. The van der Waals surface area contributed by atoms with Gasteiger partial charge in [0.1, 0.15) is 6.04 Å². The first kappa shape index (κ1) is 20.1. The zero-order chi connectivity index (χ0) is 22.8. The van der Waals surface area contributed by atoms with Crippen LogP contribution in [0, 0.1) is 11.3 Å². The Morgan fingerprint density at radius 1 is 1.09 bits per heavy atom. The van der Waals surface area contributed by atoms with Gasteiger partial charge in [-0.25, -0.2) is 9.69 Å². The van der Waals surface area contributed by atoms with E-state index >= 15 is 0 Å². The number of rotatable bonds is 2. The van der Waals surface area contributed by atoms with E-state index in [2.05, 4.69) is 0 Å². The zero-order valence-electron chi connectivity index (χ0n) is 16.4. The Balaban J connectivity index is 1.47. The molecule has 162 valence electrons. The van der Waals surface area contributed by atoms with E-state index in [0.717, 1.165) is 17.0 Å². The van der Waals surface area contributed by atoms with Gasteiger partial charge in [-0.1, -0.05) is 18.2 Å². The van der Waals surface area contributed by atoms with Crippen LogP contribution in [0.2, 0.25) is 0 Å². The number of carbonyl (C=O) groups is 3. The highest BCUT2D eigenvalue weighted by molar-refractivity contribution is 6.22. The van der Waals surface area contributed by atoms with E-state index in [4.69, 9.17) is 5.26 Å². The lowest BCUT2D eigenvalue weighted by Gasteiger charge is -2.34. The maximum atomic E-state index is 13.4. The van der Waals surface area contributed by atoms with Crippen molar-refractivity contribution in [2.75, 3.05) is 11.4 Å². The third kappa shape index (κ3) is 2.77. The standard InChI is InChI=1S/C22H15F3N4O3/c23-22(24,25)16-8-14(7-6-13(16)10-26)29-20(31)18-17-9-15(28(18)21(29)32)11-27(17)19(30)12-4-2-1-3-5-12/h1-8,15,17-18H,9,11H2/t15-,17-,18+/m1/s1. The number of nitrogens with zero attached hydrogens (tertiary/aromatic N) is 4. The fourth-order valence-corrected chi connectivity index (χ4v) is 4.88. The molecule has 3 fully saturated rings. The number of hydrogen-bond acceptors (Lipinski definition) is 4. The van der Waals surface area contributed by atoms with Gasteiger partial charge < -0.3 is 9.80 Å². The summed E-state index contributed by atoms with van der Waals surface area (Å²) in [6.07, 6.45) is -4.38. The molecule has 0 unspecified atom stereocenters. The van der Waals surface area contributed by atoms with Crippen LogP contribution in [0.5, 0.6) is 0 Å². The minimum absolute atomic E-state index is 0.249. The van der Waals surface area contributed by atoms with Crippen molar-refractivity contribution < 1.29 is 27.6 Å². The molecule has 10 heteroatoms. The maximum Gasteiger partial charge on any atom is 0.417 e. The van der Waals surface area contributed by atoms with Crippen LogP contribution >= 0.6 is 0 Å². The molecule has 3 heterocycles. The van der Waals surface area contributed by atoms with Crippen LogP contribution < -0.4 is 4.90 Å². The molecule has 2 bridgehead atoms. The first-order valence-corrected chi connectivity index (χ1v) is 9.86. The molecule has 2 aromatic carbocycles. The minimum atomic E-state index is -4.82. The number of halogens is 3. The van der Waals surface area contributed by atoms with E-state index in [1.165, 1.54) is 11.0 Å². The number of fused-ring (bicyclic) bond motifs is 5. The van der Waals surface area contributed by atoms with Gasteiger partial charge in [-0.2, -0.15) is 18.4 Å². The molecule has 0 saturated carbocycles. The van der Waals surface area contributed by atoms with Gasteiger partial charge in [0.2, 0.25) is 0 Å². The van der Waals surface area contributed by atoms with E-state index in [9.17, 15) is 27.6 Å². The number of anilines is 1. The van der Waals surface area contributed by atoms with Crippen LogP contribution in [0.3, 0.4) is 0 Å². The smallest absolute Gasteiger partial charge is 0.331 e. The average Bonchev–Trinajstić information content (AvgIpc) is 3.44. The Morgan fingerprint density at radius 2 is 1.81 bits per heavy atom. The van der Waals surface area contributed by atoms with Crippen LogP contribution in [0.1, 0.15) is 27.9 Å². The van der Waals surface area contributed by atoms with E-state index in [1.54, 1.807) is 35.2 Å². The van der Waals surface area contributed by atoms with Gasteiger partial charge in [-0.15, -0.1) is 0 Å². The van der Waals surface area contributed by atoms with E-state index < -0.39 is 41.3 Å². The number of nitriles is 1. The molecule has 32 heavy (non-hydrogen) atoms. The van der Waals surface area contributed by atoms with E-state index in [-0.39, 0.29) is 24.2 Å². The number of benzene rings is 2. The third-order valence-corrected chi connectivity index (χ3v) is 6.23. The SMILES string of the molecule is N#Cc1ccc(N2C(=O)[C@@H]3[C@H]4C[C@H](CN4C(=O)c4ccccc4)N3C2=O)cc1C(F)(F)F. The zero-order valence-corrected chi connectivity index (χ0v) is 16.4. The largest absolute Gasteiger partial charge is 0.417 e. The predicted molar refractivity (Wildman–Crippen MR) is 104 cm³/mol. The molecular formula is C22H15F3N4O3. The molecule has 2 aromatic rings. The second-order valence-corrected chi connectivity index (χ2v) is 7.93. The maximum absolute atomic E-state index is 13.4. The predicted octanol–water partition coefficient (Wildman–Crippen LogP) is 3.01.